The first-order valence-corrected chi connectivity index (χ1v) is 7.93. The third-order valence-electron chi connectivity index (χ3n) is 3.19. The van der Waals surface area contributed by atoms with Crippen LogP contribution in [0.1, 0.15) is 16.1 Å². The molecule has 2 aromatic carbocycles. The normalized spacial score (nSPS) is 10.3. The van der Waals surface area contributed by atoms with E-state index in [1.165, 1.54) is 11.3 Å². The SMILES string of the molecule is N=C(COC(=O)c1ccccc1)c1csc(-c2ccccc2)n1. The van der Waals surface area contributed by atoms with E-state index >= 15 is 0 Å². The molecule has 0 aliphatic rings. The summed E-state index contributed by atoms with van der Waals surface area (Å²) in [4.78, 5) is 16.3. The van der Waals surface area contributed by atoms with E-state index in [0.717, 1.165) is 10.6 Å². The third-order valence-corrected chi connectivity index (χ3v) is 4.08. The zero-order valence-corrected chi connectivity index (χ0v) is 13.0. The number of hydrogen-bond donors (Lipinski definition) is 1. The zero-order chi connectivity index (χ0) is 16.1. The van der Waals surface area contributed by atoms with Crippen LogP contribution in [0, 0.1) is 5.41 Å². The second-order valence-electron chi connectivity index (χ2n) is 4.82. The number of esters is 1. The van der Waals surface area contributed by atoms with Crippen LogP contribution in [-0.2, 0) is 4.74 Å². The molecule has 0 fully saturated rings. The monoisotopic (exact) mass is 322 g/mol. The molecule has 4 nitrogen and oxygen atoms in total. The van der Waals surface area contributed by atoms with Crippen molar-refractivity contribution in [2.75, 3.05) is 6.61 Å². The molecule has 0 radical (unpaired) electrons. The molecule has 1 aromatic heterocycles. The smallest absolute Gasteiger partial charge is 0.338 e. The lowest BCUT2D eigenvalue weighted by molar-refractivity contribution is 0.0563. The Balaban J connectivity index is 1.63. The van der Waals surface area contributed by atoms with Crippen LogP contribution in [0.2, 0.25) is 0 Å². The van der Waals surface area contributed by atoms with Gasteiger partial charge in [-0.05, 0) is 12.1 Å². The first-order valence-electron chi connectivity index (χ1n) is 7.05. The summed E-state index contributed by atoms with van der Waals surface area (Å²) in [6.07, 6.45) is 0. The molecule has 0 amide bonds. The van der Waals surface area contributed by atoms with Crippen LogP contribution in [0.4, 0.5) is 0 Å². The minimum Gasteiger partial charge on any atom is -0.456 e. The van der Waals surface area contributed by atoms with E-state index in [2.05, 4.69) is 4.98 Å². The Kier molecular flexibility index (Phi) is 4.59. The van der Waals surface area contributed by atoms with Gasteiger partial charge in [0.05, 0.1) is 17.0 Å². The van der Waals surface area contributed by atoms with Crippen LogP contribution in [0.15, 0.2) is 66.0 Å². The van der Waals surface area contributed by atoms with Crippen molar-refractivity contribution >= 4 is 23.0 Å². The summed E-state index contributed by atoms with van der Waals surface area (Å²) in [6, 6.07) is 18.5. The molecule has 0 aliphatic carbocycles. The van der Waals surface area contributed by atoms with Gasteiger partial charge in [0.25, 0.3) is 0 Å². The molecule has 3 aromatic rings. The number of benzene rings is 2. The Bertz CT molecular complexity index is 813. The average Bonchev–Trinajstić information content (AvgIpc) is 3.11. The predicted octanol–water partition coefficient (Wildman–Crippen LogP) is 4.03. The Hall–Kier alpha value is -2.79. The number of ether oxygens (including phenoxy) is 1. The minimum atomic E-state index is -0.436. The van der Waals surface area contributed by atoms with E-state index in [1.54, 1.807) is 29.6 Å². The van der Waals surface area contributed by atoms with Gasteiger partial charge >= 0.3 is 5.97 Å². The van der Waals surface area contributed by atoms with Gasteiger partial charge in [-0.1, -0.05) is 48.5 Å². The number of carbonyl (C=O) groups is 1. The molecule has 0 atom stereocenters. The Labute approximate surface area is 137 Å². The van der Waals surface area contributed by atoms with Crippen LogP contribution in [0.3, 0.4) is 0 Å². The van der Waals surface area contributed by atoms with E-state index in [9.17, 15) is 4.79 Å². The van der Waals surface area contributed by atoms with Crippen LogP contribution >= 0.6 is 11.3 Å². The fraction of sp³-hybridized carbons (Fsp3) is 0.0556. The number of thiazole rings is 1. The van der Waals surface area contributed by atoms with Gasteiger partial charge in [0, 0.05) is 10.9 Å². The van der Waals surface area contributed by atoms with Crippen LogP contribution in [0.5, 0.6) is 0 Å². The molecule has 1 N–H and O–H groups in total. The largest absolute Gasteiger partial charge is 0.456 e. The molecule has 114 valence electrons. The fourth-order valence-corrected chi connectivity index (χ4v) is 2.84. The fourth-order valence-electron chi connectivity index (χ4n) is 1.99. The molecule has 0 bridgehead atoms. The Morgan fingerprint density at radius 1 is 1.04 bits per heavy atom. The minimum absolute atomic E-state index is 0.0916. The van der Waals surface area contributed by atoms with Gasteiger partial charge in [-0.2, -0.15) is 0 Å². The first kappa shape index (κ1) is 15.1. The lowest BCUT2D eigenvalue weighted by Crippen LogP contribution is -2.14. The Morgan fingerprint density at radius 3 is 2.39 bits per heavy atom. The van der Waals surface area contributed by atoms with E-state index < -0.39 is 5.97 Å². The first-order chi connectivity index (χ1) is 11.2. The van der Waals surface area contributed by atoms with E-state index in [0.29, 0.717) is 11.3 Å². The highest BCUT2D eigenvalue weighted by Gasteiger charge is 2.12. The topological polar surface area (TPSA) is 63.0 Å². The van der Waals surface area contributed by atoms with Crippen LogP contribution in [-0.4, -0.2) is 23.3 Å². The molecule has 0 unspecified atom stereocenters. The zero-order valence-electron chi connectivity index (χ0n) is 12.2. The highest BCUT2D eigenvalue weighted by molar-refractivity contribution is 7.13. The van der Waals surface area contributed by atoms with Gasteiger partial charge in [-0.25, -0.2) is 9.78 Å². The van der Waals surface area contributed by atoms with Crippen molar-refractivity contribution in [3.8, 4) is 10.6 Å². The lowest BCUT2D eigenvalue weighted by Gasteiger charge is -2.04. The summed E-state index contributed by atoms with van der Waals surface area (Å²) in [5.74, 6) is -0.436. The highest BCUT2D eigenvalue weighted by atomic mass is 32.1. The van der Waals surface area contributed by atoms with Crippen molar-refractivity contribution in [2.45, 2.75) is 0 Å². The van der Waals surface area contributed by atoms with Gasteiger partial charge in [-0.15, -0.1) is 11.3 Å². The van der Waals surface area contributed by atoms with Gasteiger partial charge < -0.3 is 4.74 Å². The number of hydrogen-bond acceptors (Lipinski definition) is 5. The summed E-state index contributed by atoms with van der Waals surface area (Å²) < 4.78 is 5.16. The van der Waals surface area contributed by atoms with E-state index in [4.69, 9.17) is 10.1 Å². The van der Waals surface area contributed by atoms with E-state index in [-0.39, 0.29) is 12.3 Å². The molecule has 5 heteroatoms. The summed E-state index contributed by atoms with van der Waals surface area (Å²) in [5.41, 5.74) is 2.21. The van der Waals surface area contributed by atoms with Crippen molar-refractivity contribution in [3.63, 3.8) is 0 Å². The van der Waals surface area contributed by atoms with Crippen LogP contribution in [0.25, 0.3) is 10.6 Å². The summed E-state index contributed by atoms with van der Waals surface area (Å²) in [6.45, 7) is -0.0916. The predicted molar refractivity (Wildman–Crippen MR) is 91.1 cm³/mol. The number of rotatable bonds is 5. The van der Waals surface area contributed by atoms with Gasteiger partial charge in [0.15, 0.2) is 0 Å². The molecule has 23 heavy (non-hydrogen) atoms. The molecule has 0 saturated heterocycles. The van der Waals surface area contributed by atoms with Crippen molar-refractivity contribution in [1.29, 1.82) is 5.41 Å². The quantitative estimate of drug-likeness (QED) is 0.569. The molecule has 3 rings (SSSR count). The van der Waals surface area contributed by atoms with Crippen molar-refractivity contribution in [2.24, 2.45) is 0 Å². The third kappa shape index (κ3) is 3.70. The number of carbonyl (C=O) groups excluding carboxylic acids is 1. The molecule has 0 saturated carbocycles. The second-order valence-corrected chi connectivity index (χ2v) is 5.68. The summed E-state index contributed by atoms with van der Waals surface area (Å²) >= 11 is 1.47. The standard InChI is InChI=1S/C18H14N2O2S/c19-15(11-22-18(21)14-9-5-2-6-10-14)16-12-23-17(20-16)13-7-3-1-4-8-13/h1-10,12,19H,11H2. The van der Waals surface area contributed by atoms with Crippen molar-refractivity contribution in [1.82, 2.24) is 4.98 Å². The van der Waals surface area contributed by atoms with Gasteiger partial charge in [0.1, 0.15) is 11.6 Å². The highest BCUT2D eigenvalue weighted by Crippen LogP contribution is 2.23. The maximum atomic E-state index is 11.9. The van der Waals surface area contributed by atoms with E-state index in [1.807, 2.05) is 36.4 Å². The van der Waals surface area contributed by atoms with Crippen molar-refractivity contribution in [3.05, 3.63) is 77.3 Å². The van der Waals surface area contributed by atoms with Crippen molar-refractivity contribution < 1.29 is 9.53 Å². The molecular weight excluding hydrogens is 308 g/mol. The number of aromatic nitrogens is 1. The number of nitrogens with zero attached hydrogens (tertiary/aromatic N) is 1. The summed E-state index contributed by atoms with van der Waals surface area (Å²) in [7, 11) is 0. The molecular formula is C18H14N2O2S. The summed E-state index contributed by atoms with van der Waals surface area (Å²) in [5, 5.41) is 10.7. The maximum Gasteiger partial charge on any atom is 0.338 e. The maximum absolute atomic E-state index is 11.9. The van der Waals surface area contributed by atoms with Gasteiger partial charge in [-0.3, -0.25) is 5.41 Å². The van der Waals surface area contributed by atoms with Crippen LogP contribution < -0.4 is 0 Å². The van der Waals surface area contributed by atoms with Gasteiger partial charge in [0.2, 0.25) is 0 Å². The Morgan fingerprint density at radius 2 is 1.70 bits per heavy atom. The molecule has 0 aliphatic heterocycles. The average molecular weight is 322 g/mol. The second kappa shape index (κ2) is 6.98. The lowest BCUT2D eigenvalue weighted by atomic mass is 10.2. The molecule has 1 heterocycles. The number of nitrogens with one attached hydrogen (secondary N) is 1. The molecule has 0 spiro atoms.